The van der Waals surface area contributed by atoms with Crippen LogP contribution in [0, 0.1) is 0 Å². The summed E-state index contributed by atoms with van der Waals surface area (Å²) >= 11 is 4.45. The van der Waals surface area contributed by atoms with Crippen molar-refractivity contribution in [3.05, 3.63) is 58.6 Å². The summed E-state index contributed by atoms with van der Waals surface area (Å²) in [5, 5.41) is 10.8. The summed E-state index contributed by atoms with van der Waals surface area (Å²) in [5.41, 5.74) is 14.5. The molecule has 130 valence electrons. The minimum Gasteiger partial charge on any atom is -0.384 e. The zero-order valence-electron chi connectivity index (χ0n) is 13.3. The summed E-state index contributed by atoms with van der Waals surface area (Å²) in [6.07, 6.45) is 0. The first-order chi connectivity index (χ1) is 12.5. The number of nitrogens with two attached hydrogens (primary N) is 2. The second-order valence-corrected chi connectivity index (χ2v) is 7.80. The van der Waals surface area contributed by atoms with E-state index < -0.39 is 4.75 Å². The van der Waals surface area contributed by atoms with Crippen molar-refractivity contribution >= 4 is 61.7 Å². The highest BCUT2D eigenvalue weighted by molar-refractivity contribution is 9.10. The monoisotopic (exact) mass is 428 g/mol. The number of hydrogen-bond acceptors (Lipinski definition) is 7. The second-order valence-electron chi connectivity index (χ2n) is 5.65. The third-order valence-corrected chi connectivity index (χ3v) is 5.74. The van der Waals surface area contributed by atoms with E-state index in [0.29, 0.717) is 17.1 Å². The minimum absolute atomic E-state index is 0.0312. The quantitative estimate of drug-likeness (QED) is 0.646. The van der Waals surface area contributed by atoms with Gasteiger partial charge >= 0.3 is 0 Å². The van der Waals surface area contributed by atoms with Crippen LogP contribution >= 0.6 is 27.7 Å². The van der Waals surface area contributed by atoms with Crippen molar-refractivity contribution in [1.82, 2.24) is 0 Å². The van der Waals surface area contributed by atoms with Gasteiger partial charge in [0, 0.05) is 4.47 Å². The number of para-hydroxylation sites is 2. The number of rotatable bonds is 1. The first-order valence-corrected chi connectivity index (χ1v) is 9.23. The number of anilines is 1. The number of halogens is 1. The van der Waals surface area contributed by atoms with Crippen molar-refractivity contribution in [2.45, 2.75) is 4.75 Å². The number of amides is 1. The summed E-state index contributed by atoms with van der Waals surface area (Å²) in [7, 11) is 0. The smallest absolute Gasteiger partial charge is 0.255 e. The van der Waals surface area contributed by atoms with Gasteiger partial charge in [-0.1, -0.05) is 52.0 Å². The normalized spacial score (nSPS) is 21.9. The Morgan fingerprint density at radius 2 is 1.77 bits per heavy atom. The summed E-state index contributed by atoms with van der Waals surface area (Å²) in [6, 6.07) is 14.8. The van der Waals surface area contributed by atoms with Crippen molar-refractivity contribution in [2.24, 2.45) is 26.7 Å². The zero-order chi connectivity index (χ0) is 18.3. The molecule has 5 N–H and O–H groups in total. The van der Waals surface area contributed by atoms with E-state index in [-0.39, 0.29) is 16.9 Å². The lowest BCUT2D eigenvalue weighted by molar-refractivity contribution is -0.115. The number of nitrogens with one attached hydrogen (secondary N) is 1. The highest BCUT2D eigenvalue weighted by atomic mass is 79.9. The third kappa shape index (κ3) is 2.60. The Balaban J connectivity index is 2.01. The van der Waals surface area contributed by atoms with Crippen molar-refractivity contribution in [3.8, 4) is 0 Å². The Labute approximate surface area is 161 Å². The van der Waals surface area contributed by atoms with Crippen molar-refractivity contribution in [1.29, 1.82) is 0 Å². The third-order valence-electron chi connectivity index (χ3n) is 4.03. The number of fused-ring (bicyclic) bond motifs is 1. The Bertz CT molecular complexity index is 1000. The Morgan fingerprint density at radius 3 is 2.54 bits per heavy atom. The maximum Gasteiger partial charge on any atom is 0.255 e. The molecule has 0 saturated heterocycles. The Morgan fingerprint density at radius 1 is 1.04 bits per heavy atom. The number of hydrogen-bond donors (Lipinski definition) is 3. The molecule has 2 aromatic carbocycles. The molecular weight excluding hydrogens is 416 g/mol. The van der Waals surface area contributed by atoms with Crippen LogP contribution in [-0.4, -0.2) is 27.4 Å². The topological polar surface area (TPSA) is 118 Å². The largest absolute Gasteiger partial charge is 0.384 e. The van der Waals surface area contributed by atoms with Crippen LogP contribution in [0.4, 0.5) is 11.4 Å². The average Bonchev–Trinajstić information content (AvgIpc) is 2.75. The molecule has 2 aliphatic rings. The molecule has 7 nitrogen and oxygen atoms in total. The first kappa shape index (κ1) is 16.8. The van der Waals surface area contributed by atoms with Gasteiger partial charge in [0.1, 0.15) is 0 Å². The number of thioether (sulfide) groups is 1. The SMILES string of the molecule is NC1=NN=C(N)C2(S1)C(=O)Nc1ccccc1N=C2c1ccc(Br)cc1. The van der Waals surface area contributed by atoms with Gasteiger partial charge in [0.05, 0.1) is 17.1 Å². The number of benzene rings is 2. The predicted molar refractivity (Wildman–Crippen MR) is 109 cm³/mol. The fourth-order valence-electron chi connectivity index (χ4n) is 2.80. The maximum absolute atomic E-state index is 13.3. The van der Waals surface area contributed by atoms with Crippen LogP contribution < -0.4 is 16.8 Å². The molecule has 0 radical (unpaired) electrons. The molecule has 1 unspecified atom stereocenters. The average molecular weight is 429 g/mol. The van der Waals surface area contributed by atoms with Gasteiger partial charge in [-0.3, -0.25) is 4.79 Å². The van der Waals surface area contributed by atoms with E-state index in [1.54, 1.807) is 6.07 Å². The lowest BCUT2D eigenvalue weighted by Gasteiger charge is -2.32. The molecule has 1 spiro atoms. The van der Waals surface area contributed by atoms with Crippen molar-refractivity contribution in [2.75, 3.05) is 5.32 Å². The van der Waals surface area contributed by atoms with Crippen molar-refractivity contribution < 1.29 is 4.79 Å². The van der Waals surface area contributed by atoms with E-state index in [1.807, 2.05) is 42.5 Å². The fraction of sp³-hybridized carbons (Fsp3) is 0.0588. The van der Waals surface area contributed by atoms with Gasteiger partial charge in [-0.25, -0.2) is 4.99 Å². The predicted octanol–water partition coefficient (Wildman–Crippen LogP) is 2.59. The van der Waals surface area contributed by atoms with Gasteiger partial charge in [-0.2, -0.15) is 0 Å². The van der Waals surface area contributed by atoms with Crippen LogP contribution in [0.25, 0.3) is 0 Å². The fourth-order valence-corrected chi connectivity index (χ4v) is 4.01. The molecule has 0 fully saturated rings. The van der Waals surface area contributed by atoms with Crippen LogP contribution in [-0.2, 0) is 4.79 Å². The van der Waals surface area contributed by atoms with Gasteiger partial charge in [-0.15, -0.1) is 10.2 Å². The highest BCUT2D eigenvalue weighted by Gasteiger charge is 2.52. The molecule has 0 aliphatic carbocycles. The second kappa shape index (κ2) is 6.26. The standard InChI is InChI=1S/C17H13BrN6OS/c18-10-7-5-9(6-8-10)13-17(14(19)23-24-16(20)26-17)15(25)22-12-4-2-1-3-11(12)21-13/h1-8H,(H2,19,23)(H2,20,24)(H,22,25). The lowest BCUT2D eigenvalue weighted by Crippen LogP contribution is -2.58. The van der Waals surface area contributed by atoms with Gasteiger partial charge in [0.2, 0.25) is 4.75 Å². The lowest BCUT2D eigenvalue weighted by atomic mass is 9.93. The van der Waals surface area contributed by atoms with Crippen LogP contribution in [0.5, 0.6) is 0 Å². The molecule has 2 aromatic rings. The molecule has 0 saturated carbocycles. The zero-order valence-corrected chi connectivity index (χ0v) is 15.7. The molecule has 9 heteroatoms. The van der Waals surface area contributed by atoms with Crippen LogP contribution in [0.3, 0.4) is 0 Å². The van der Waals surface area contributed by atoms with E-state index >= 15 is 0 Å². The van der Waals surface area contributed by atoms with Gasteiger partial charge in [0.15, 0.2) is 11.0 Å². The molecule has 26 heavy (non-hydrogen) atoms. The number of amidine groups is 2. The highest BCUT2D eigenvalue weighted by Crippen LogP contribution is 2.40. The van der Waals surface area contributed by atoms with Gasteiger partial charge in [0.25, 0.3) is 5.91 Å². The first-order valence-electron chi connectivity index (χ1n) is 7.62. The number of carbonyl (C=O) groups excluding carboxylic acids is 1. The molecule has 4 rings (SSSR count). The van der Waals surface area contributed by atoms with E-state index in [0.717, 1.165) is 21.8 Å². The molecule has 0 aromatic heterocycles. The number of carbonyl (C=O) groups is 1. The van der Waals surface area contributed by atoms with Gasteiger partial charge in [-0.05, 0) is 29.8 Å². The Hall–Kier alpha value is -2.65. The van der Waals surface area contributed by atoms with Crippen LogP contribution in [0.1, 0.15) is 5.56 Å². The number of aliphatic imine (C=N–C) groups is 1. The number of nitrogens with zero attached hydrogens (tertiary/aromatic N) is 3. The maximum atomic E-state index is 13.3. The van der Waals surface area contributed by atoms with Gasteiger partial charge < -0.3 is 16.8 Å². The summed E-state index contributed by atoms with van der Waals surface area (Å²) in [4.78, 5) is 18.0. The summed E-state index contributed by atoms with van der Waals surface area (Å²) in [5.74, 6) is -0.336. The molecule has 1 atom stereocenters. The van der Waals surface area contributed by atoms with Crippen molar-refractivity contribution in [3.63, 3.8) is 0 Å². The molecular formula is C17H13BrN6OS. The summed E-state index contributed by atoms with van der Waals surface area (Å²) < 4.78 is -0.494. The van der Waals surface area contributed by atoms with E-state index in [2.05, 4.69) is 31.4 Å². The minimum atomic E-state index is -1.40. The Kier molecular flexibility index (Phi) is 4.04. The van der Waals surface area contributed by atoms with E-state index in [9.17, 15) is 4.79 Å². The molecule has 0 bridgehead atoms. The van der Waals surface area contributed by atoms with E-state index in [1.165, 1.54) is 0 Å². The molecule has 2 aliphatic heterocycles. The molecule has 1 amide bonds. The van der Waals surface area contributed by atoms with Crippen LogP contribution in [0.2, 0.25) is 0 Å². The molecule has 2 heterocycles. The van der Waals surface area contributed by atoms with Crippen LogP contribution in [0.15, 0.2) is 68.2 Å². The van der Waals surface area contributed by atoms with E-state index in [4.69, 9.17) is 16.5 Å². The summed E-state index contributed by atoms with van der Waals surface area (Å²) in [6.45, 7) is 0.